The summed E-state index contributed by atoms with van der Waals surface area (Å²) in [6.07, 6.45) is 1.54. The van der Waals surface area contributed by atoms with Gasteiger partial charge in [-0.05, 0) is 84.1 Å². The third-order valence-electron chi connectivity index (χ3n) is 6.31. The number of nitrogens with zero attached hydrogens (tertiary/aromatic N) is 4. The number of para-hydroxylation sites is 1. The van der Waals surface area contributed by atoms with Gasteiger partial charge in [-0.1, -0.05) is 60.2 Å². The lowest BCUT2D eigenvalue weighted by molar-refractivity contribution is 0.0949. The van der Waals surface area contributed by atoms with Gasteiger partial charge < -0.3 is 15.2 Å². The summed E-state index contributed by atoms with van der Waals surface area (Å²) in [4.78, 5) is 13.9. The number of amides is 1. The molecule has 198 valence electrons. The SMILES string of the molecule is Cc1ccc(OCCCCNC(=O)c2cc(Sc3nnnn3-c3ccccc3)c3ccccc3c2O)c(C)c1. The molecule has 1 amide bonds. The van der Waals surface area contributed by atoms with E-state index in [0.717, 1.165) is 40.1 Å². The van der Waals surface area contributed by atoms with E-state index in [1.807, 2.05) is 67.6 Å². The van der Waals surface area contributed by atoms with Crippen LogP contribution in [0.25, 0.3) is 16.5 Å². The fourth-order valence-electron chi connectivity index (χ4n) is 4.32. The quantitative estimate of drug-likeness (QED) is 0.214. The molecule has 4 aromatic carbocycles. The first-order chi connectivity index (χ1) is 19.0. The van der Waals surface area contributed by atoms with Crippen LogP contribution in [0, 0.1) is 13.8 Å². The fourth-order valence-corrected chi connectivity index (χ4v) is 5.29. The van der Waals surface area contributed by atoms with Gasteiger partial charge in [-0.3, -0.25) is 4.79 Å². The first-order valence-corrected chi connectivity index (χ1v) is 13.6. The van der Waals surface area contributed by atoms with E-state index < -0.39 is 0 Å². The number of tetrazole rings is 1. The maximum atomic E-state index is 13.1. The Labute approximate surface area is 231 Å². The molecular formula is C30H29N5O3S. The van der Waals surface area contributed by atoms with E-state index in [1.54, 1.807) is 16.8 Å². The van der Waals surface area contributed by atoms with Gasteiger partial charge in [-0.2, -0.15) is 4.68 Å². The second-order valence-electron chi connectivity index (χ2n) is 9.21. The van der Waals surface area contributed by atoms with Crippen LogP contribution in [-0.4, -0.2) is 44.4 Å². The number of fused-ring (bicyclic) bond motifs is 1. The van der Waals surface area contributed by atoms with Crippen molar-refractivity contribution in [3.05, 3.63) is 95.6 Å². The lowest BCUT2D eigenvalue weighted by Gasteiger charge is -2.13. The topological polar surface area (TPSA) is 102 Å². The number of nitrogens with one attached hydrogen (secondary N) is 1. The Hall–Kier alpha value is -4.37. The molecule has 0 aliphatic carbocycles. The molecule has 1 aromatic heterocycles. The number of ether oxygens (including phenoxy) is 1. The van der Waals surface area contributed by atoms with E-state index in [9.17, 15) is 9.90 Å². The van der Waals surface area contributed by atoms with Crippen LogP contribution in [0.3, 0.4) is 0 Å². The average Bonchev–Trinajstić information content (AvgIpc) is 3.41. The molecular weight excluding hydrogens is 510 g/mol. The van der Waals surface area contributed by atoms with Crippen molar-refractivity contribution in [3.8, 4) is 17.2 Å². The highest BCUT2D eigenvalue weighted by Crippen LogP contribution is 2.39. The molecule has 0 aliphatic heterocycles. The summed E-state index contributed by atoms with van der Waals surface area (Å²) in [5.74, 6) is 0.500. The number of phenolic OH excluding ortho intramolecular Hbond substituents is 1. The minimum Gasteiger partial charge on any atom is -0.506 e. The molecule has 5 aromatic rings. The molecule has 0 saturated heterocycles. The van der Waals surface area contributed by atoms with Gasteiger partial charge >= 0.3 is 0 Å². The van der Waals surface area contributed by atoms with Gasteiger partial charge in [0.1, 0.15) is 11.5 Å². The van der Waals surface area contributed by atoms with E-state index >= 15 is 0 Å². The summed E-state index contributed by atoms with van der Waals surface area (Å²) in [5, 5.41) is 28.0. The molecule has 0 unspecified atom stereocenters. The van der Waals surface area contributed by atoms with Crippen molar-refractivity contribution in [2.24, 2.45) is 0 Å². The van der Waals surface area contributed by atoms with Gasteiger partial charge in [0.25, 0.3) is 5.91 Å². The number of phenols is 1. The summed E-state index contributed by atoms with van der Waals surface area (Å²) >= 11 is 1.34. The van der Waals surface area contributed by atoms with Crippen LogP contribution < -0.4 is 10.1 Å². The number of aryl methyl sites for hydroxylation is 2. The van der Waals surface area contributed by atoms with Crippen molar-refractivity contribution in [2.45, 2.75) is 36.7 Å². The minimum absolute atomic E-state index is 0.0479. The molecule has 0 saturated carbocycles. The summed E-state index contributed by atoms with van der Waals surface area (Å²) in [6, 6.07) is 24.9. The van der Waals surface area contributed by atoms with Crippen molar-refractivity contribution in [1.82, 2.24) is 25.5 Å². The summed E-state index contributed by atoms with van der Waals surface area (Å²) in [5.41, 5.74) is 3.35. The van der Waals surface area contributed by atoms with Crippen LogP contribution in [-0.2, 0) is 0 Å². The largest absolute Gasteiger partial charge is 0.506 e. The lowest BCUT2D eigenvalue weighted by Crippen LogP contribution is -2.25. The Morgan fingerprint density at radius 1 is 0.974 bits per heavy atom. The first-order valence-electron chi connectivity index (χ1n) is 12.8. The van der Waals surface area contributed by atoms with E-state index in [2.05, 4.69) is 33.8 Å². The molecule has 1 heterocycles. The molecule has 0 bridgehead atoms. The van der Waals surface area contributed by atoms with Crippen LogP contribution in [0.4, 0.5) is 0 Å². The highest BCUT2D eigenvalue weighted by Gasteiger charge is 2.19. The molecule has 8 nitrogen and oxygen atoms in total. The molecule has 0 atom stereocenters. The van der Waals surface area contributed by atoms with E-state index in [-0.39, 0.29) is 17.2 Å². The molecule has 0 spiro atoms. The second-order valence-corrected chi connectivity index (χ2v) is 10.2. The number of unbranched alkanes of at least 4 members (excludes halogenated alkanes) is 1. The van der Waals surface area contributed by atoms with E-state index in [0.29, 0.717) is 23.7 Å². The third kappa shape index (κ3) is 6.04. The summed E-state index contributed by atoms with van der Waals surface area (Å²) < 4.78 is 7.53. The van der Waals surface area contributed by atoms with Crippen LogP contribution in [0.2, 0.25) is 0 Å². The number of hydrogen-bond donors (Lipinski definition) is 2. The van der Waals surface area contributed by atoms with E-state index in [4.69, 9.17) is 4.74 Å². The number of hydrogen-bond acceptors (Lipinski definition) is 7. The van der Waals surface area contributed by atoms with Crippen LogP contribution in [0.15, 0.2) is 88.9 Å². The zero-order valence-electron chi connectivity index (χ0n) is 21.8. The van der Waals surface area contributed by atoms with Crippen molar-refractivity contribution < 1.29 is 14.6 Å². The number of carbonyl (C=O) groups is 1. The van der Waals surface area contributed by atoms with Crippen molar-refractivity contribution in [1.29, 1.82) is 0 Å². The Kier molecular flexibility index (Phi) is 8.07. The first kappa shape index (κ1) is 26.2. The molecule has 0 fully saturated rings. The second kappa shape index (κ2) is 12.0. The smallest absolute Gasteiger partial charge is 0.255 e. The highest BCUT2D eigenvalue weighted by atomic mass is 32.2. The van der Waals surface area contributed by atoms with Crippen molar-refractivity contribution in [2.75, 3.05) is 13.2 Å². The van der Waals surface area contributed by atoms with E-state index in [1.165, 1.54) is 17.3 Å². The Morgan fingerprint density at radius 2 is 1.74 bits per heavy atom. The standard InChI is InChI=1S/C30H29N5O3S/c1-20-14-15-26(21(2)18-20)38-17-9-8-16-31-29(37)25-19-27(23-12-6-7-13-24(23)28(25)36)39-30-32-33-34-35(30)22-10-4-3-5-11-22/h3-7,10-15,18-19,36H,8-9,16-17H2,1-2H3,(H,31,37). The van der Waals surface area contributed by atoms with Crippen molar-refractivity contribution in [3.63, 3.8) is 0 Å². The predicted molar refractivity (Wildman–Crippen MR) is 152 cm³/mol. The fraction of sp³-hybridized carbons (Fsp3) is 0.200. The van der Waals surface area contributed by atoms with Crippen molar-refractivity contribution >= 4 is 28.4 Å². The maximum Gasteiger partial charge on any atom is 0.255 e. The number of carbonyl (C=O) groups excluding carboxylic acids is 1. The summed E-state index contributed by atoms with van der Waals surface area (Å²) in [6.45, 7) is 5.13. The Morgan fingerprint density at radius 3 is 2.54 bits per heavy atom. The highest BCUT2D eigenvalue weighted by molar-refractivity contribution is 7.99. The van der Waals surface area contributed by atoms with Gasteiger partial charge in [0.2, 0.25) is 5.16 Å². The van der Waals surface area contributed by atoms with Gasteiger partial charge in [-0.15, -0.1) is 5.10 Å². The molecule has 0 radical (unpaired) electrons. The Bertz CT molecular complexity index is 1600. The number of aromatic nitrogens is 4. The molecule has 9 heteroatoms. The number of benzene rings is 4. The molecule has 5 rings (SSSR count). The molecule has 2 N–H and O–H groups in total. The van der Waals surface area contributed by atoms with Crippen LogP contribution in [0.1, 0.15) is 34.3 Å². The average molecular weight is 540 g/mol. The third-order valence-corrected chi connectivity index (χ3v) is 7.31. The minimum atomic E-state index is -0.335. The normalized spacial score (nSPS) is 11.0. The predicted octanol–water partition coefficient (Wildman–Crippen LogP) is 5.88. The lowest BCUT2D eigenvalue weighted by atomic mass is 10.0. The van der Waals surface area contributed by atoms with Crippen LogP contribution in [0.5, 0.6) is 11.5 Å². The Balaban J connectivity index is 1.27. The zero-order chi connectivity index (χ0) is 27.2. The zero-order valence-corrected chi connectivity index (χ0v) is 22.6. The molecule has 39 heavy (non-hydrogen) atoms. The maximum absolute atomic E-state index is 13.1. The van der Waals surface area contributed by atoms with Gasteiger partial charge in [0.15, 0.2) is 0 Å². The number of aromatic hydroxyl groups is 1. The monoisotopic (exact) mass is 539 g/mol. The van der Waals surface area contributed by atoms with Crippen LogP contribution >= 0.6 is 11.8 Å². The van der Waals surface area contributed by atoms with Gasteiger partial charge in [-0.25, -0.2) is 0 Å². The van der Waals surface area contributed by atoms with Gasteiger partial charge in [0.05, 0.1) is 17.9 Å². The number of rotatable bonds is 10. The molecule has 0 aliphatic rings. The summed E-state index contributed by atoms with van der Waals surface area (Å²) in [7, 11) is 0. The van der Waals surface area contributed by atoms with Gasteiger partial charge in [0, 0.05) is 16.8 Å².